The number of hydrogen-bond acceptors (Lipinski definition) is 3. The minimum atomic E-state index is -0.907. The molecule has 3 nitrogen and oxygen atoms in total. The summed E-state index contributed by atoms with van der Waals surface area (Å²) < 4.78 is 26.7. The Morgan fingerprint density at radius 3 is 2.69 bits per heavy atom. The second-order valence-corrected chi connectivity index (χ2v) is 7.60. The van der Waals surface area contributed by atoms with Crippen molar-refractivity contribution in [2.24, 2.45) is 5.92 Å². The predicted molar refractivity (Wildman–Crippen MR) is 100 cm³/mol. The van der Waals surface area contributed by atoms with E-state index in [9.17, 15) is 13.6 Å². The summed E-state index contributed by atoms with van der Waals surface area (Å²) in [5, 5.41) is 5.81. The van der Waals surface area contributed by atoms with Gasteiger partial charge in [0.05, 0.1) is 0 Å². The van der Waals surface area contributed by atoms with Crippen LogP contribution in [0.1, 0.15) is 23.7 Å². The van der Waals surface area contributed by atoms with Gasteiger partial charge < -0.3 is 10.6 Å². The third-order valence-electron chi connectivity index (χ3n) is 4.50. The monoisotopic (exact) mass is 376 g/mol. The molecule has 0 aromatic heterocycles. The van der Waals surface area contributed by atoms with E-state index in [4.69, 9.17) is 0 Å². The molecule has 1 fully saturated rings. The Morgan fingerprint density at radius 1 is 1.19 bits per heavy atom. The fourth-order valence-electron chi connectivity index (χ4n) is 3.04. The van der Waals surface area contributed by atoms with Crippen molar-refractivity contribution in [1.29, 1.82) is 0 Å². The van der Waals surface area contributed by atoms with Gasteiger partial charge in [0, 0.05) is 11.4 Å². The molecule has 3 rings (SSSR count). The molecule has 2 aromatic rings. The second-order valence-electron chi connectivity index (χ2n) is 6.42. The number of carbonyl (C=O) groups excluding carboxylic acids is 1. The molecule has 0 radical (unpaired) electrons. The molecule has 1 aliphatic heterocycles. The van der Waals surface area contributed by atoms with E-state index in [1.165, 1.54) is 17.8 Å². The number of halogens is 2. The largest absolute Gasteiger partial charge is 0.355 e. The van der Waals surface area contributed by atoms with Crippen LogP contribution in [0.5, 0.6) is 0 Å². The number of nitrogens with one attached hydrogen (secondary N) is 2. The summed E-state index contributed by atoms with van der Waals surface area (Å²) in [6.07, 6.45) is 2.08. The molecule has 2 atom stereocenters. The smallest absolute Gasteiger partial charge is 0.237 e. The van der Waals surface area contributed by atoms with Crippen molar-refractivity contribution in [2.75, 3.05) is 19.6 Å². The first-order valence-electron chi connectivity index (χ1n) is 8.78. The highest BCUT2D eigenvalue weighted by atomic mass is 32.2. The first kappa shape index (κ1) is 18.9. The average Bonchev–Trinajstić information content (AvgIpc) is 3.16. The van der Waals surface area contributed by atoms with E-state index in [0.29, 0.717) is 17.4 Å². The lowest BCUT2D eigenvalue weighted by molar-refractivity contribution is -0.120. The van der Waals surface area contributed by atoms with Crippen molar-refractivity contribution in [1.82, 2.24) is 10.6 Å². The zero-order valence-electron chi connectivity index (χ0n) is 14.4. The molecule has 2 aromatic carbocycles. The van der Waals surface area contributed by atoms with E-state index in [1.54, 1.807) is 0 Å². The van der Waals surface area contributed by atoms with Gasteiger partial charge in [-0.15, -0.1) is 11.8 Å². The van der Waals surface area contributed by atoms with Gasteiger partial charge in [0.25, 0.3) is 0 Å². The topological polar surface area (TPSA) is 41.1 Å². The van der Waals surface area contributed by atoms with Gasteiger partial charge in [0.15, 0.2) is 11.6 Å². The summed E-state index contributed by atoms with van der Waals surface area (Å²) in [4.78, 5) is 13.3. The molecule has 138 valence electrons. The van der Waals surface area contributed by atoms with Crippen LogP contribution in [0.3, 0.4) is 0 Å². The van der Waals surface area contributed by atoms with Crippen LogP contribution in [0.4, 0.5) is 8.78 Å². The van der Waals surface area contributed by atoms with E-state index in [0.717, 1.165) is 43.6 Å². The van der Waals surface area contributed by atoms with E-state index >= 15 is 0 Å². The fourth-order valence-corrected chi connectivity index (χ4v) is 4.11. The Labute approximate surface area is 156 Å². The van der Waals surface area contributed by atoms with Crippen molar-refractivity contribution in [3.63, 3.8) is 0 Å². The Morgan fingerprint density at radius 2 is 2.00 bits per heavy atom. The van der Waals surface area contributed by atoms with Gasteiger partial charge in [-0.25, -0.2) is 8.78 Å². The molecule has 2 N–H and O–H groups in total. The van der Waals surface area contributed by atoms with Crippen LogP contribution in [0.25, 0.3) is 0 Å². The van der Waals surface area contributed by atoms with Gasteiger partial charge in [0.1, 0.15) is 5.25 Å². The van der Waals surface area contributed by atoms with E-state index in [2.05, 4.69) is 10.6 Å². The molecule has 1 saturated heterocycles. The first-order chi connectivity index (χ1) is 12.6. The van der Waals surface area contributed by atoms with Crippen molar-refractivity contribution in [3.05, 3.63) is 65.7 Å². The van der Waals surface area contributed by atoms with Crippen molar-refractivity contribution >= 4 is 17.7 Å². The van der Waals surface area contributed by atoms with Gasteiger partial charge in [-0.05, 0) is 55.6 Å². The molecule has 26 heavy (non-hydrogen) atoms. The van der Waals surface area contributed by atoms with E-state index < -0.39 is 16.9 Å². The highest BCUT2D eigenvalue weighted by Crippen LogP contribution is 2.36. The summed E-state index contributed by atoms with van der Waals surface area (Å²) in [5.41, 5.74) is 0.835. The quantitative estimate of drug-likeness (QED) is 0.720. The Hall–Kier alpha value is -1.92. The van der Waals surface area contributed by atoms with E-state index in [-0.39, 0.29) is 5.91 Å². The van der Waals surface area contributed by atoms with Gasteiger partial charge >= 0.3 is 0 Å². The highest BCUT2D eigenvalue weighted by Gasteiger charge is 2.23. The minimum absolute atomic E-state index is 0.114. The summed E-state index contributed by atoms with van der Waals surface area (Å²) in [7, 11) is 0. The molecular formula is C20H22F2N2OS. The molecule has 0 aliphatic carbocycles. The SMILES string of the molecule is O=C(NCCC1CCNC1)C(Sc1ccc(F)c(F)c1)c1ccccc1. The molecule has 1 amide bonds. The first-order valence-corrected chi connectivity index (χ1v) is 9.66. The van der Waals surface area contributed by atoms with Crippen LogP contribution in [0.2, 0.25) is 0 Å². The molecule has 1 heterocycles. The van der Waals surface area contributed by atoms with Gasteiger partial charge in [0.2, 0.25) is 5.91 Å². The maximum atomic E-state index is 13.5. The lowest BCUT2D eigenvalue weighted by Gasteiger charge is -2.18. The van der Waals surface area contributed by atoms with Gasteiger partial charge in [-0.3, -0.25) is 4.79 Å². The molecule has 0 saturated carbocycles. The highest BCUT2D eigenvalue weighted by molar-refractivity contribution is 8.00. The number of hydrogen-bond donors (Lipinski definition) is 2. The predicted octanol–water partition coefficient (Wildman–Crippen LogP) is 3.91. The van der Waals surface area contributed by atoms with Crippen LogP contribution < -0.4 is 10.6 Å². The van der Waals surface area contributed by atoms with Crippen molar-refractivity contribution in [2.45, 2.75) is 23.0 Å². The Bertz CT molecular complexity index is 736. The zero-order chi connectivity index (χ0) is 18.4. The second kappa shape index (κ2) is 9.14. The maximum Gasteiger partial charge on any atom is 0.237 e. The Kier molecular flexibility index (Phi) is 6.63. The van der Waals surface area contributed by atoms with E-state index in [1.807, 2.05) is 30.3 Å². The zero-order valence-corrected chi connectivity index (χ0v) is 15.2. The van der Waals surface area contributed by atoms with Crippen LogP contribution in [-0.4, -0.2) is 25.5 Å². The minimum Gasteiger partial charge on any atom is -0.355 e. The number of thioether (sulfide) groups is 1. The standard InChI is InChI=1S/C20H22F2N2OS/c21-17-7-6-16(12-18(17)22)26-19(15-4-2-1-3-5-15)20(25)24-11-9-14-8-10-23-13-14/h1-7,12,14,19,23H,8-11,13H2,(H,24,25). The molecular weight excluding hydrogens is 354 g/mol. The van der Waals surface area contributed by atoms with Gasteiger partial charge in [-0.1, -0.05) is 30.3 Å². The molecule has 6 heteroatoms. The fraction of sp³-hybridized carbons (Fsp3) is 0.350. The summed E-state index contributed by atoms with van der Waals surface area (Å²) >= 11 is 1.22. The summed E-state index contributed by atoms with van der Waals surface area (Å²) in [6, 6.07) is 13.1. The third kappa shape index (κ3) is 5.05. The van der Waals surface area contributed by atoms with Crippen molar-refractivity contribution in [3.8, 4) is 0 Å². The molecule has 2 unspecified atom stereocenters. The Balaban J connectivity index is 1.68. The summed E-state index contributed by atoms with van der Waals surface area (Å²) in [6.45, 7) is 2.66. The lowest BCUT2D eigenvalue weighted by Crippen LogP contribution is -2.30. The maximum absolute atomic E-state index is 13.5. The van der Waals surface area contributed by atoms with Crippen LogP contribution in [0, 0.1) is 17.6 Å². The van der Waals surface area contributed by atoms with Crippen LogP contribution >= 0.6 is 11.8 Å². The number of amides is 1. The van der Waals surface area contributed by atoms with Crippen LogP contribution in [0.15, 0.2) is 53.4 Å². The number of carbonyl (C=O) groups is 1. The van der Waals surface area contributed by atoms with Crippen LogP contribution in [-0.2, 0) is 4.79 Å². The average molecular weight is 376 g/mol. The number of benzene rings is 2. The lowest BCUT2D eigenvalue weighted by atomic mass is 10.1. The van der Waals surface area contributed by atoms with Gasteiger partial charge in [-0.2, -0.15) is 0 Å². The van der Waals surface area contributed by atoms with Crippen molar-refractivity contribution < 1.29 is 13.6 Å². The molecule has 1 aliphatic rings. The normalized spacial score (nSPS) is 17.8. The molecule has 0 spiro atoms. The molecule has 0 bridgehead atoms. The number of rotatable bonds is 7. The third-order valence-corrected chi connectivity index (χ3v) is 5.75. The summed E-state index contributed by atoms with van der Waals surface area (Å²) in [5.74, 6) is -1.31.